The molecule has 1 aliphatic heterocycles. The average Bonchev–Trinajstić information content (AvgIpc) is 2.78. The Morgan fingerprint density at radius 3 is 2.84 bits per heavy atom. The summed E-state index contributed by atoms with van der Waals surface area (Å²) in [5.74, 6) is 0. The fraction of sp³-hybridized carbons (Fsp3) is 0.500. The van der Waals surface area contributed by atoms with Crippen LogP contribution in [0.3, 0.4) is 0 Å². The summed E-state index contributed by atoms with van der Waals surface area (Å²) in [6.45, 7) is 1.60. The molecule has 1 unspecified atom stereocenters. The molecule has 1 aliphatic rings. The minimum absolute atomic E-state index is 0.412. The molecule has 19 heavy (non-hydrogen) atoms. The predicted molar refractivity (Wildman–Crippen MR) is 76.1 cm³/mol. The number of hydrogen-bond donors (Lipinski definition) is 2. The number of rotatable bonds is 4. The molecule has 5 nitrogen and oxygen atoms in total. The topological polar surface area (TPSA) is 67.6 Å². The van der Waals surface area contributed by atoms with Gasteiger partial charge in [0.05, 0.1) is 6.61 Å². The second kappa shape index (κ2) is 6.43. The van der Waals surface area contributed by atoms with Crippen molar-refractivity contribution in [2.75, 3.05) is 31.2 Å². The molecule has 1 aromatic rings. The number of nitrogens with one attached hydrogen (secondary N) is 1. The lowest BCUT2D eigenvalue weighted by Gasteiger charge is -2.18. The van der Waals surface area contributed by atoms with Crippen molar-refractivity contribution in [2.45, 2.75) is 25.3 Å². The first-order chi connectivity index (χ1) is 9.15. The molecule has 1 heterocycles. The normalized spacial score (nSPS) is 19.3. The molecule has 104 valence electrons. The summed E-state index contributed by atoms with van der Waals surface area (Å²) >= 11 is 0. The molecule has 1 amide bonds. The van der Waals surface area contributed by atoms with Gasteiger partial charge in [-0.05, 0) is 57.1 Å². The van der Waals surface area contributed by atoms with Crippen LogP contribution < -0.4 is 11.1 Å². The van der Waals surface area contributed by atoms with E-state index in [9.17, 15) is 4.79 Å². The molecule has 2 rings (SSSR count). The van der Waals surface area contributed by atoms with Gasteiger partial charge in [-0.2, -0.15) is 0 Å². The van der Waals surface area contributed by atoms with Crippen LogP contribution in [0.25, 0.3) is 0 Å². The zero-order chi connectivity index (χ0) is 13.7. The van der Waals surface area contributed by atoms with E-state index in [1.165, 1.54) is 12.8 Å². The van der Waals surface area contributed by atoms with Gasteiger partial charge in [0.1, 0.15) is 0 Å². The van der Waals surface area contributed by atoms with Crippen LogP contribution >= 0.6 is 0 Å². The van der Waals surface area contributed by atoms with Crippen LogP contribution in [-0.2, 0) is 4.74 Å². The van der Waals surface area contributed by atoms with E-state index in [4.69, 9.17) is 10.5 Å². The zero-order valence-electron chi connectivity index (χ0n) is 11.3. The van der Waals surface area contributed by atoms with E-state index in [0.29, 0.717) is 24.0 Å². The molecule has 0 radical (unpaired) electrons. The van der Waals surface area contributed by atoms with Crippen molar-refractivity contribution in [3.8, 4) is 0 Å². The van der Waals surface area contributed by atoms with Gasteiger partial charge >= 0.3 is 6.09 Å². The van der Waals surface area contributed by atoms with Gasteiger partial charge in [0, 0.05) is 17.4 Å². The first-order valence-electron chi connectivity index (χ1n) is 6.65. The summed E-state index contributed by atoms with van der Waals surface area (Å²) in [4.78, 5) is 13.9. The van der Waals surface area contributed by atoms with Gasteiger partial charge in [0.15, 0.2) is 0 Å². The Labute approximate surface area is 113 Å². The fourth-order valence-corrected chi connectivity index (χ4v) is 2.35. The highest BCUT2D eigenvalue weighted by atomic mass is 16.5. The maximum Gasteiger partial charge on any atom is 0.411 e. The number of nitrogens with zero attached hydrogens (tertiary/aromatic N) is 1. The van der Waals surface area contributed by atoms with Gasteiger partial charge in [0.2, 0.25) is 0 Å². The third-order valence-corrected chi connectivity index (χ3v) is 3.51. The lowest BCUT2D eigenvalue weighted by Crippen LogP contribution is -2.27. The molecule has 0 aliphatic carbocycles. The number of nitrogen functional groups attached to an aromatic ring is 1. The highest BCUT2D eigenvalue weighted by Gasteiger charge is 2.20. The molecule has 0 spiro atoms. The van der Waals surface area contributed by atoms with Gasteiger partial charge in [-0.25, -0.2) is 4.79 Å². The number of anilines is 2. The van der Waals surface area contributed by atoms with E-state index in [1.807, 2.05) is 0 Å². The second-order valence-corrected chi connectivity index (χ2v) is 4.95. The van der Waals surface area contributed by atoms with Crippen molar-refractivity contribution in [3.63, 3.8) is 0 Å². The quantitative estimate of drug-likeness (QED) is 0.818. The third kappa shape index (κ3) is 4.13. The van der Waals surface area contributed by atoms with Crippen molar-refractivity contribution >= 4 is 17.5 Å². The van der Waals surface area contributed by atoms with Crippen LogP contribution in [-0.4, -0.2) is 37.2 Å². The maximum absolute atomic E-state index is 11.6. The van der Waals surface area contributed by atoms with Crippen molar-refractivity contribution < 1.29 is 9.53 Å². The maximum atomic E-state index is 11.6. The van der Waals surface area contributed by atoms with Crippen molar-refractivity contribution in [3.05, 3.63) is 24.3 Å². The molecule has 0 aromatic heterocycles. The van der Waals surface area contributed by atoms with E-state index >= 15 is 0 Å². The van der Waals surface area contributed by atoms with Gasteiger partial charge < -0.3 is 15.4 Å². The minimum Gasteiger partial charge on any atom is -0.449 e. The van der Waals surface area contributed by atoms with Crippen LogP contribution in [0.2, 0.25) is 0 Å². The zero-order valence-corrected chi connectivity index (χ0v) is 11.3. The molecule has 0 bridgehead atoms. The molecule has 5 heteroatoms. The van der Waals surface area contributed by atoms with E-state index in [0.717, 1.165) is 13.0 Å². The lowest BCUT2D eigenvalue weighted by molar-refractivity contribution is 0.147. The summed E-state index contributed by atoms with van der Waals surface area (Å²) in [6, 6.07) is 7.53. The highest BCUT2D eigenvalue weighted by Crippen LogP contribution is 2.17. The monoisotopic (exact) mass is 263 g/mol. The highest BCUT2D eigenvalue weighted by molar-refractivity contribution is 5.84. The Hall–Kier alpha value is -1.75. The number of carbonyl (C=O) groups excluding carboxylic acids is 1. The molecule has 1 fully saturated rings. The molecular formula is C14H21N3O2. The van der Waals surface area contributed by atoms with Crippen LogP contribution in [0.15, 0.2) is 24.3 Å². The summed E-state index contributed by atoms with van der Waals surface area (Å²) in [5.41, 5.74) is 6.93. The summed E-state index contributed by atoms with van der Waals surface area (Å²) < 4.78 is 5.18. The van der Waals surface area contributed by atoms with E-state index < -0.39 is 6.09 Å². The van der Waals surface area contributed by atoms with Crippen molar-refractivity contribution in [2.24, 2.45) is 0 Å². The lowest BCUT2D eigenvalue weighted by atomic mass is 10.2. The second-order valence-electron chi connectivity index (χ2n) is 4.95. The number of hydrogen-bond acceptors (Lipinski definition) is 4. The van der Waals surface area contributed by atoms with E-state index in [2.05, 4.69) is 17.3 Å². The molecule has 1 saturated heterocycles. The Bertz CT molecular complexity index is 419. The number of ether oxygens (including phenoxy) is 1. The van der Waals surface area contributed by atoms with Crippen LogP contribution in [0, 0.1) is 0 Å². The number of likely N-dealkylation sites (tertiary alicyclic amines) is 1. The Morgan fingerprint density at radius 1 is 1.47 bits per heavy atom. The van der Waals surface area contributed by atoms with E-state index in [-0.39, 0.29) is 0 Å². The van der Waals surface area contributed by atoms with Gasteiger partial charge in [-0.1, -0.05) is 0 Å². The third-order valence-electron chi connectivity index (χ3n) is 3.51. The molecule has 0 saturated carbocycles. The minimum atomic E-state index is -0.412. The number of benzene rings is 1. The van der Waals surface area contributed by atoms with Crippen LogP contribution in [0.5, 0.6) is 0 Å². The van der Waals surface area contributed by atoms with Crippen molar-refractivity contribution in [1.82, 2.24) is 4.90 Å². The van der Waals surface area contributed by atoms with Crippen LogP contribution in [0.1, 0.15) is 19.3 Å². The largest absolute Gasteiger partial charge is 0.449 e. The molecule has 1 aromatic carbocycles. The number of amides is 1. The Balaban J connectivity index is 1.68. The smallest absolute Gasteiger partial charge is 0.411 e. The van der Waals surface area contributed by atoms with Gasteiger partial charge in [0.25, 0.3) is 0 Å². The summed E-state index contributed by atoms with van der Waals surface area (Å²) in [6.07, 6.45) is 2.91. The standard InChI is InChI=1S/C14H21N3O2/c1-17-9-2-3-13(17)8-10-19-14(18)16-12-6-4-11(15)5-7-12/h4-7,13H,2-3,8-10,15H2,1H3,(H,16,18). The summed E-state index contributed by atoms with van der Waals surface area (Å²) in [5, 5.41) is 2.68. The Kier molecular flexibility index (Phi) is 4.63. The average molecular weight is 263 g/mol. The predicted octanol–water partition coefficient (Wildman–Crippen LogP) is 2.30. The number of nitrogens with two attached hydrogens (primary N) is 1. The summed E-state index contributed by atoms with van der Waals surface area (Å²) in [7, 11) is 2.12. The molecule has 1 atom stereocenters. The first kappa shape index (κ1) is 13.7. The van der Waals surface area contributed by atoms with Crippen LogP contribution in [0.4, 0.5) is 16.2 Å². The molecular weight excluding hydrogens is 242 g/mol. The SMILES string of the molecule is CN1CCCC1CCOC(=O)Nc1ccc(N)cc1. The fourth-order valence-electron chi connectivity index (χ4n) is 2.35. The Morgan fingerprint density at radius 2 is 2.21 bits per heavy atom. The van der Waals surface area contributed by atoms with E-state index in [1.54, 1.807) is 24.3 Å². The van der Waals surface area contributed by atoms with Crippen molar-refractivity contribution in [1.29, 1.82) is 0 Å². The molecule has 3 N–H and O–H groups in total. The first-order valence-corrected chi connectivity index (χ1v) is 6.65. The van der Waals surface area contributed by atoms with Gasteiger partial charge in [-0.3, -0.25) is 5.32 Å². The number of carbonyl (C=O) groups is 1. The van der Waals surface area contributed by atoms with Gasteiger partial charge in [-0.15, -0.1) is 0 Å².